The van der Waals surface area contributed by atoms with Gasteiger partial charge in [0.25, 0.3) is 10.0 Å². The number of rotatable bonds is 8. The molecule has 176 valence electrons. The Bertz CT molecular complexity index is 1350. The highest BCUT2D eigenvalue weighted by Gasteiger charge is 2.22. The number of benzene rings is 2. The van der Waals surface area contributed by atoms with Gasteiger partial charge in [0.05, 0.1) is 18.4 Å². The van der Waals surface area contributed by atoms with Gasteiger partial charge < -0.3 is 9.58 Å². The number of carbonyl (C=O) groups is 1. The van der Waals surface area contributed by atoms with E-state index in [0.717, 1.165) is 0 Å². The van der Waals surface area contributed by atoms with Gasteiger partial charge in [-0.1, -0.05) is 26.0 Å². The number of carbonyl (C=O) groups excluding carboxylic acids is 1. The number of ether oxygens (including phenoxy) is 1. The van der Waals surface area contributed by atoms with Crippen LogP contribution in [0.3, 0.4) is 0 Å². The fourth-order valence-electron chi connectivity index (χ4n) is 3.59. The predicted molar refractivity (Wildman–Crippen MR) is 126 cm³/mol. The third-order valence-corrected chi connectivity index (χ3v) is 6.60. The molecule has 7 nitrogen and oxygen atoms in total. The standard InChI is InChI=1S/C25H24FN3O4S/c1-16(2)21-12-19(26)13-22(18-9-10-28-25(11-18)33-4)23(21)14-24(30)29-34(31,32)20-7-5-17(6-8-20)15-27-3/h5-13,16H,14-15H2,1-2,4H3,(H,29,30). The van der Waals surface area contributed by atoms with Crippen LogP contribution >= 0.6 is 0 Å². The summed E-state index contributed by atoms with van der Waals surface area (Å²) in [6, 6.07) is 11.7. The fraction of sp³-hybridized carbons (Fsp3) is 0.240. The summed E-state index contributed by atoms with van der Waals surface area (Å²) < 4.78 is 47.2. The third kappa shape index (κ3) is 5.77. The minimum absolute atomic E-state index is 0.0862. The van der Waals surface area contributed by atoms with Crippen LogP contribution < -0.4 is 9.46 Å². The summed E-state index contributed by atoms with van der Waals surface area (Å²) >= 11 is 0. The molecule has 0 saturated heterocycles. The summed E-state index contributed by atoms with van der Waals surface area (Å²) in [5.41, 5.74) is 2.84. The van der Waals surface area contributed by atoms with Crippen molar-refractivity contribution in [3.8, 4) is 17.0 Å². The van der Waals surface area contributed by atoms with Crippen LogP contribution in [0.15, 0.2) is 59.6 Å². The van der Waals surface area contributed by atoms with Gasteiger partial charge in [0.1, 0.15) is 5.82 Å². The Hall–Kier alpha value is -3.77. The molecule has 1 heterocycles. The monoisotopic (exact) mass is 481 g/mol. The number of hydrogen-bond donors (Lipinski definition) is 1. The number of amides is 1. The van der Waals surface area contributed by atoms with Gasteiger partial charge in [0.2, 0.25) is 18.3 Å². The Morgan fingerprint density at radius 3 is 2.50 bits per heavy atom. The molecule has 1 N–H and O–H groups in total. The Kier molecular flexibility index (Phi) is 7.64. The Morgan fingerprint density at radius 2 is 1.88 bits per heavy atom. The van der Waals surface area contributed by atoms with Crippen molar-refractivity contribution in [2.24, 2.45) is 0 Å². The van der Waals surface area contributed by atoms with Gasteiger partial charge in [0.15, 0.2) is 0 Å². The molecule has 34 heavy (non-hydrogen) atoms. The molecule has 0 radical (unpaired) electrons. The molecule has 0 bridgehead atoms. The number of nitrogens with zero attached hydrogens (tertiary/aromatic N) is 2. The first-order chi connectivity index (χ1) is 16.1. The Morgan fingerprint density at radius 1 is 1.18 bits per heavy atom. The summed E-state index contributed by atoms with van der Waals surface area (Å²) in [5, 5.41) is 0. The highest BCUT2D eigenvalue weighted by Crippen LogP contribution is 2.33. The molecule has 9 heteroatoms. The lowest BCUT2D eigenvalue weighted by molar-refractivity contribution is -0.118. The lowest BCUT2D eigenvalue weighted by Crippen LogP contribution is -2.32. The number of nitrogens with one attached hydrogen (secondary N) is 1. The Balaban J connectivity index is 1.96. The van der Waals surface area contributed by atoms with Crippen LogP contribution in [0.2, 0.25) is 0 Å². The van der Waals surface area contributed by atoms with Crippen molar-refractivity contribution in [2.45, 2.75) is 37.6 Å². The highest BCUT2D eigenvalue weighted by molar-refractivity contribution is 7.90. The summed E-state index contributed by atoms with van der Waals surface area (Å²) in [7, 11) is -2.66. The molecular formula is C25H24FN3O4S. The SMILES string of the molecule is [C-]#[N+]Cc1ccc(S(=O)(=O)NC(=O)Cc2c(-c3ccnc(OC)c3)cc(F)cc2C(C)C)cc1. The van der Waals surface area contributed by atoms with E-state index in [2.05, 4.69) is 14.6 Å². The van der Waals surface area contributed by atoms with Crippen molar-refractivity contribution < 1.29 is 22.3 Å². The largest absolute Gasteiger partial charge is 0.481 e. The van der Waals surface area contributed by atoms with Crippen LogP contribution in [0.25, 0.3) is 16.0 Å². The van der Waals surface area contributed by atoms with Gasteiger partial charge in [-0.25, -0.2) is 29.1 Å². The zero-order valence-electron chi connectivity index (χ0n) is 19.0. The summed E-state index contributed by atoms with van der Waals surface area (Å²) in [6.45, 7) is 10.8. The van der Waals surface area contributed by atoms with Crippen molar-refractivity contribution in [3.63, 3.8) is 0 Å². The third-order valence-electron chi connectivity index (χ3n) is 5.21. The molecule has 1 amide bonds. The minimum atomic E-state index is -4.12. The predicted octanol–water partition coefficient (Wildman–Crippen LogP) is 4.49. The van der Waals surface area contributed by atoms with E-state index in [1.165, 1.54) is 49.7 Å². The second kappa shape index (κ2) is 10.4. The first-order valence-corrected chi connectivity index (χ1v) is 11.9. The summed E-state index contributed by atoms with van der Waals surface area (Å²) in [4.78, 5) is 20.1. The minimum Gasteiger partial charge on any atom is -0.481 e. The quantitative estimate of drug-likeness (QED) is 0.479. The number of methoxy groups -OCH3 is 1. The number of halogens is 1. The topological polar surface area (TPSA) is 89.7 Å². The second-order valence-electron chi connectivity index (χ2n) is 7.93. The molecule has 2 aromatic carbocycles. The normalized spacial score (nSPS) is 11.2. The molecule has 0 unspecified atom stereocenters. The van der Waals surface area contributed by atoms with E-state index in [0.29, 0.717) is 33.7 Å². The summed E-state index contributed by atoms with van der Waals surface area (Å²) in [6.07, 6.45) is 1.24. The van der Waals surface area contributed by atoms with Crippen molar-refractivity contribution >= 4 is 15.9 Å². The molecule has 0 aliphatic heterocycles. The van der Waals surface area contributed by atoms with E-state index < -0.39 is 21.7 Å². The van der Waals surface area contributed by atoms with Crippen molar-refractivity contribution in [1.29, 1.82) is 0 Å². The molecular weight excluding hydrogens is 457 g/mol. The van der Waals surface area contributed by atoms with E-state index in [4.69, 9.17) is 11.3 Å². The maximum absolute atomic E-state index is 14.5. The fourth-order valence-corrected chi connectivity index (χ4v) is 4.57. The van der Waals surface area contributed by atoms with Crippen LogP contribution in [0.1, 0.15) is 36.5 Å². The maximum Gasteiger partial charge on any atom is 0.264 e. The van der Waals surface area contributed by atoms with Crippen LogP contribution in [-0.2, 0) is 27.8 Å². The van der Waals surface area contributed by atoms with Crippen molar-refractivity contribution in [1.82, 2.24) is 9.71 Å². The highest BCUT2D eigenvalue weighted by atomic mass is 32.2. The van der Waals surface area contributed by atoms with E-state index in [1.807, 2.05) is 13.8 Å². The molecule has 0 atom stereocenters. The van der Waals surface area contributed by atoms with E-state index in [1.54, 1.807) is 12.1 Å². The summed E-state index contributed by atoms with van der Waals surface area (Å²) in [5.74, 6) is -1.01. The van der Waals surface area contributed by atoms with Crippen LogP contribution in [0, 0.1) is 12.4 Å². The van der Waals surface area contributed by atoms with Crippen LogP contribution in [0.5, 0.6) is 5.88 Å². The molecule has 0 aliphatic rings. The molecule has 0 fully saturated rings. The van der Waals surface area contributed by atoms with Crippen LogP contribution in [0.4, 0.5) is 4.39 Å². The average Bonchev–Trinajstić information content (AvgIpc) is 2.80. The van der Waals surface area contributed by atoms with Gasteiger partial charge in [-0.2, -0.15) is 0 Å². The van der Waals surface area contributed by atoms with E-state index in [-0.39, 0.29) is 23.8 Å². The van der Waals surface area contributed by atoms with Gasteiger partial charge in [-0.05, 0) is 58.5 Å². The Labute approximate surface area is 198 Å². The van der Waals surface area contributed by atoms with Gasteiger partial charge in [-0.3, -0.25) is 4.79 Å². The van der Waals surface area contributed by atoms with Gasteiger partial charge in [-0.15, -0.1) is 0 Å². The smallest absolute Gasteiger partial charge is 0.264 e. The zero-order chi connectivity index (χ0) is 24.9. The first kappa shape index (κ1) is 24.9. The van der Waals surface area contributed by atoms with E-state index >= 15 is 0 Å². The van der Waals surface area contributed by atoms with Gasteiger partial charge in [0, 0.05) is 17.8 Å². The van der Waals surface area contributed by atoms with Gasteiger partial charge >= 0.3 is 0 Å². The lowest BCUT2D eigenvalue weighted by Gasteiger charge is -2.18. The van der Waals surface area contributed by atoms with Crippen molar-refractivity contribution in [2.75, 3.05) is 7.11 Å². The number of aromatic nitrogens is 1. The number of hydrogen-bond acceptors (Lipinski definition) is 5. The first-order valence-electron chi connectivity index (χ1n) is 10.4. The molecule has 0 aliphatic carbocycles. The number of pyridine rings is 1. The maximum atomic E-state index is 14.5. The molecule has 0 spiro atoms. The lowest BCUT2D eigenvalue weighted by atomic mass is 9.88. The van der Waals surface area contributed by atoms with Crippen LogP contribution in [-0.4, -0.2) is 26.4 Å². The zero-order valence-corrected chi connectivity index (χ0v) is 19.8. The molecule has 3 aromatic rings. The molecule has 0 saturated carbocycles. The average molecular weight is 482 g/mol. The second-order valence-corrected chi connectivity index (χ2v) is 9.61. The van der Waals surface area contributed by atoms with E-state index in [9.17, 15) is 17.6 Å². The number of sulfonamides is 1. The molecule has 3 rings (SSSR count). The van der Waals surface area contributed by atoms with Crippen molar-refractivity contribution in [3.05, 3.63) is 88.7 Å². The molecule has 1 aromatic heterocycles.